The lowest BCUT2D eigenvalue weighted by molar-refractivity contribution is -0.139. The second-order valence-corrected chi connectivity index (χ2v) is 12.9. The third-order valence-electron chi connectivity index (χ3n) is 7.38. The molecule has 0 radical (unpaired) electrons. The Labute approximate surface area is 259 Å². The van der Waals surface area contributed by atoms with E-state index in [2.05, 4.69) is 4.90 Å². The van der Waals surface area contributed by atoms with E-state index in [0.717, 1.165) is 55.2 Å². The molecular weight excluding hydrogens is 590 g/mol. The summed E-state index contributed by atoms with van der Waals surface area (Å²) < 4.78 is 39.0. The van der Waals surface area contributed by atoms with Gasteiger partial charge in [0.05, 0.1) is 29.7 Å². The number of anilines is 1. The van der Waals surface area contributed by atoms with Crippen molar-refractivity contribution in [2.24, 2.45) is 10.7 Å². The van der Waals surface area contributed by atoms with E-state index in [4.69, 9.17) is 37.2 Å². The third kappa shape index (κ3) is 9.21. The number of amidine groups is 2. The van der Waals surface area contributed by atoms with E-state index in [0.29, 0.717) is 17.0 Å². The van der Waals surface area contributed by atoms with Crippen LogP contribution in [0.2, 0.25) is 5.02 Å². The number of nitrogens with two attached hydrogens (primary N) is 1. The Morgan fingerprint density at radius 1 is 1.19 bits per heavy atom. The van der Waals surface area contributed by atoms with Gasteiger partial charge in [0, 0.05) is 44.5 Å². The number of likely N-dealkylation sites (tertiary alicyclic amines) is 1. The third-order valence-corrected chi connectivity index (χ3v) is 9.30. The number of aliphatic imine (C=N–C) groups is 1. The number of halogens is 1. The quantitative estimate of drug-likeness (QED) is 0.206. The first-order valence-corrected chi connectivity index (χ1v) is 16.7. The van der Waals surface area contributed by atoms with E-state index in [1.165, 1.54) is 18.7 Å². The Morgan fingerprint density at radius 2 is 1.98 bits per heavy atom. The van der Waals surface area contributed by atoms with Gasteiger partial charge in [0.2, 0.25) is 10.0 Å². The molecule has 4 rings (SSSR count). The molecule has 10 nitrogen and oxygen atoms in total. The lowest BCUT2D eigenvalue weighted by atomic mass is 10.1. The number of hydrogen-bond acceptors (Lipinski definition) is 8. The predicted octanol–water partition coefficient (Wildman–Crippen LogP) is 4.85. The van der Waals surface area contributed by atoms with Crippen molar-refractivity contribution in [3.8, 4) is 5.75 Å². The molecule has 0 atom stereocenters. The van der Waals surface area contributed by atoms with Crippen molar-refractivity contribution in [3.05, 3.63) is 64.7 Å². The van der Waals surface area contributed by atoms with Crippen molar-refractivity contribution in [1.82, 2.24) is 4.90 Å². The zero-order valence-corrected chi connectivity index (χ0v) is 26.1. The van der Waals surface area contributed by atoms with Crippen molar-refractivity contribution < 1.29 is 22.7 Å². The van der Waals surface area contributed by atoms with Crippen molar-refractivity contribution >= 4 is 51.0 Å². The summed E-state index contributed by atoms with van der Waals surface area (Å²) in [5.41, 5.74) is 7.19. The number of carbonyl (C=O) groups excluding carboxylic acids is 1. The van der Waals surface area contributed by atoms with Crippen LogP contribution in [0.4, 0.5) is 5.69 Å². The van der Waals surface area contributed by atoms with Gasteiger partial charge in [0.1, 0.15) is 17.7 Å². The van der Waals surface area contributed by atoms with Crippen LogP contribution in [0, 0.1) is 5.41 Å². The predicted molar refractivity (Wildman–Crippen MR) is 172 cm³/mol. The lowest BCUT2D eigenvalue weighted by Crippen LogP contribution is -2.41. The zero-order valence-electron chi connectivity index (χ0n) is 24.5. The van der Waals surface area contributed by atoms with Crippen molar-refractivity contribution in [2.45, 2.75) is 51.6 Å². The number of piperidine rings is 1. The van der Waals surface area contributed by atoms with Crippen LogP contribution in [-0.2, 0) is 19.6 Å². The Morgan fingerprint density at radius 3 is 2.70 bits per heavy atom. The SMILES string of the molecule is CCOC(=O)CS(=O)(=O)N(CC=Cc1cccc(C(=N)N)c1)c1ccc(OC2CCN(C3=NCCCCC3)CC2)c(Cl)c1. The van der Waals surface area contributed by atoms with Crippen LogP contribution < -0.4 is 14.8 Å². The smallest absolute Gasteiger partial charge is 0.323 e. The molecule has 43 heavy (non-hydrogen) atoms. The normalized spacial score (nSPS) is 16.4. The van der Waals surface area contributed by atoms with Crippen molar-refractivity contribution in [3.63, 3.8) is 0 Å². The van der Waals surface area contributed by atoms with Gasteiger partial charge in [-0.1, -0.05) is 48.4 Å². The Hall–Kier alpha value is -3.57. The topological polar surface area (TPSA) is 138 Å². The maximum Gasteiger partial charge on any atom is 0.323 e. The van der Waals surface area contributed by atoms with Gasteiger partial charge in [-0.15, -0.1) is 0 Å². The van der Waals surface area contributed by atoms with Gasteiger partial charge < -0.3 is 20.1 Å². The number of rotatable bonds is 11. The molecule has 3 N–H and O–H groups in total. The minimum absolute atomic E-state index is 0.0108. The number of nitrogen functional groups attached to an aromatic ring is 1. The highest BCUT2D eigenvalue weighted by Gasteiger charge is 2.28. The molecular formula is C31H40ClN5O5S. The molecule has 1 fully saturated rings. The Balaban J connectivity index is 1.47. The average Bonchev–Trinajstić information content (AvgIpc) is 3.26. The molecule has 0 saturated carbocycles. The van der Waals surface area contributed by atoms with Gasteiger partial charge in [-0.25, -0.2) is 8.42 Å². The summed E-state index contributed by atoms with van der Waals surface area (Å²) in [6.45, 7) is 4.29. The summed E-state index contributed by atoms with van der Waals surface area (Å²) in [4.78, 5) is 19.3. The summed E-state index contributed by atoms with van der Waals surface area (Å²) in [6.07, 6.45) is 9.67. The fraction of sp³-hybridized carbons (Fsp3) is 0.452. The van der Waals surface area contributed by atoms with E-state index in [1.807, 2.05) is 6.07 Å². The second-order valence-electron chi connectivity index (χ2n) is 10.6. The van der Waals surface area contributed by atoms with E-state index >= 15 is 0 Å². The Kier molecular flexibility index (Phi) is 11.5. The van der Waals surface area contributed by atoms with Crippen molar-refractivity contribution in [1.29, 1.82) is 5.41 Å². The van der Waals surface area contributed by atoms with E-state index in [-0.39, 0.29) is 30.1 Å². The molecule has 2 aromatic rings. The Bertz CT molecular complexity index is 1450. The first kappa shape index (κ1) is 32.3. The number of carbonyl (C=O) groups is 1. The molecule has 0 amide bonds. The molecule has 1 saturated heterocycles. The number of esters is 1. The van der Waals surface area contributed by atoms with E-state index in [9.17, 15) is 13.2 Å². The van der Waals surface area contributed by atoms with Crippen LogP contribution in [0.3, 0.4) is 0 Å². The molecule has 0 spiro atoms. The summed E-state index contributed by atoms with van der Waals surface area (Å²) >= 11 is 6.63. The number of nitrogens with zero attached hydrogens (tertiary/aromatic N) is 3. The number of benzene rings is 2. The van der Waals surface area contributed by atoms with Gasteiger partial charge in [-0.3, -0.25) is 19.5 Å². The van der Waals surface area contributed by atoms with Gasteiger partial charge in [-0.2, -0.15) is 0 Å². The molecule has 2 aromatic carbocycles. The first-order valence-electron chi connectivity index (χ1n) is 14.7. The molecule has 0 aliphatic carbocycles. The first-order chi connectivity index (χ1) is 20.7. The minimum Gasteiger partial charge on any atom is -0.489 e. The number of ether oxygens (including phenoxy) is 2. The van der Waals surface area contributed by atoms with Gasteiger partial charge >= 0.3 is 5.97 Å². The molecule has 2 aliphatic heterocycles. The fourth-order valence-corrected chi connectivity index (χ4v) is 6.68. The number of hydrogen-bond donors (Lipinski definition) is 2. The van der Waals surface area contributed by atoms with E-state index < -0.39 is 21.7 Å². The highest BCUT2D eigenvalue weighted by molar-refractivity contribution is 7.93. The summed E-state index contributed by atoms with van der Waals surface area (Å²) in [5, 5.41) is 7.92. The van der Waals surface area contributed by atoms with Crippen molar-refractivity contribution in [2.75, 3.05) is 42.8 Å². The molecule has 0 bridgehead atoms. The summed E-state index contributed by atoms with van der Waals surface area (Å²) in [5.74, 6) is -0.0184. The second kappa shape index (κ2) is 15.2. The maximum atomic E-state index is 13.4. The largest absolute Gasteiger partial charge is 0.489 e. The molecule has 0 unspecified atom stereocenters. The summed E-state index contributed by atoms with van der Waals surface area (Å²) in [6, 6.07) is 11.9. The van der Waals surface area contributed by atoms with Gasteiger partial charge in [-0.05, 0) is 49.6 Å². The lowest BCUT2D eigenvalue weighted by Gasteiger charge is -2.34. The van der Waals surface area contributed by atoms with Gasteiger partial charge in [0.25, 0.3) is 0 Å². The number of sulfonamides is 1. The summed E-state index contributed by atoms with van der Waals surface area (Å²) in [7, 11) is -4.11. The van der Waals surface area contributed by atoms with E-state index in [1.54, 1.807) is 55.5 Å². The van der Waals surface area contributed by atoms with Gasteiger partial charge in [0.15, 0.2) is 5.75 Å². The number of nitrogens with one attached hydrogen (secondary N) is 1. The van der Waals surface area contributed by atoms with Crippen LogP contribution in [-0.4, -0.2) is 75.6 Å². The van der Waals surface area contributed by atoms with Crippen LogP contribution >= 0.6 is 11.6 Å². The molecule has 2 aliphatic rings. The highest BCUT2D eigenvalue weighted by atomic mass is 35.5. The standard InChI is InChI=1S/C31H40ClN5O5S/c1-2-41-30(38)22-43(39,40)37(17-7-9-23-8-6-10-24(20-23)31(33)34)25-12-13-28(27(32)21-25)42-26-14-18-36(19-15-26)29-11-4-3-5-16-35-29/h6-10,12-13,20-21,26H,2-5,11,14-19,22H2,1H3,(H3,33,34). The maximum absolute atomic E-state index is 13.4. The van der Waals surface area contributed by atoms with Crippen LogP contribution in [0.5, 0.6) is 5.75 Å². The van der Waals surface area contributed by atoms with Crippen LogP contribution in [0.25, 0.3) is 6.08 Å². The van der Waals surface area contributed by atoms with Crippen LogP contribution in [0.15, 0.2) is 53.5 Å². The molecule has 2 heterocycles. The molecule has 232 valence electrons. The monoisotopic (exact) mass is 629 g/mol. The highest BCUT2D eigenvalue weighted by Crippen LogP contribution is 2.33. The average molecular weight is 630 g/mol. The zero-order chi connectivity index (χ0) is 30.8. The molecule has 0 aromatic heterocycles. The fourth-order valence-electron chi connectivity index (χ4n) is 5.17. The minimum atomic E-state index is -4.11. The molecule has 12 heteroatoms. The van der Waals surface area contributed by atoms with Crippen LogP contribution in [0.1, 0.15) is 56.6 Å².